The lowest BCUT2D eigenvalue weighted by atomic mass is 9.90. The fourth-order valence-corrected chi connectivity index (χ4v) is 12.5. The van der Waals surface area contributed by atoms with Crippen LogP contribution >= 0.6 is 0 Å². The Labute approximate surface area is 443 Å². The number of rotatable bonds is 12. The van der Waals surface area contributed by atoms with Crippen molar-refractivity contribution in [3.05, 3.63) is 241 Å². The van der Waals surface area contributed by atoms with Gasteiger partial charge < -0.3 is 18.6 Å². The smallest absolute Gasteiger partial charge is 0.143 e. The van der Waals surface area contributed by atoms with Crippen LogP contribution in [0.25, 0.3) is 98.4 Å². The zero-order valence-corrected chi connectivity index (χ0v) is 43.3. The molecule has 0 saturated heterocycles. The maximum absolute atomic E-state index is 6.63. The zero-order chi connectivity index (χ0) is 51.0. The van der Waals surface area contributed by atoms with Crippen LogP contribution in [0.1, 0.15) is 49.9 Å². The first-order valence-electron chi connectivity index (χ1n) is 27.1. The standard InChI is InChI=1S/C72H56N2O2/c1-5-45-41-51(55-27-19-29-59-57-25-15-17-31-65(57)75-71(55)59)42-46(6-2)69(45)73(53-21-11-9-12-22-53)63-39-35-49-34-38-62-64(40-36-50-33-37-61(63)67(49)68(50)62)74(54-23-13-10-14-24-54)70-47(7-3)43-52(44-48(70)8-4)56-28-20-30-60-58-26-16-18-32-66(58)76-72(56)60/h9-44H,5-8H2,1-4H3. The van der Waals surface area contributed by atoms with Gasteiger partial charge in [-0.05, 0) is 153 Å². The van der Waals surface area contributed by atoms with Crippen LogP contribution in [-0.4, -0.2) is 0 Å². The van der Waals surface area contributed by atoms with Gasteiger partial charge in [0, 0.05) is 54.8 Å². The number of para-hydroxylation sites is 6. The van der Waals surface area contributed by atoms with E-state index in [4.69, 9.17) is 8.83 Å². The summed E-state index contributed by atoms with van der Waals surface area (Å²) in [6, 6.07) is 80.2. The lowest BCUT2D eigenvalue weighted by molar-refractivity contribution is 0.669. The SMILES string of the molecule is CCc1cc(-c2cccc3c2oc2ccccc23)cc(CC)c1N(c1ccccc1)c1ccc2ccc3c(N(c4ccccc4)c4c(CC)cc(-c5cccc6c5oc5ccccc56)cc4CC)ccc4ccc1c2c43. The van der Waals surface area contributed by atoms with Gasteiger partial charge in [0.25, 0.3) is 0 Å². The molecule has 14 rings (SSSR count). The summed E-state index contributed by atoms with van der Waals surface area (Å²) >= 11 is 0. The summed E-state index contributed by atoms with van der Waals surface area (Å²) < 4.78 is 13.3. The van der Waals surface area contributed by atoms with Gasteiger partial charge in [-0.25, -0.2) is 0 Å². The molecule has 2 aromatic heterocycles. The number of anilines is 6. The van der Waals surface area contributed by atoms with Gasteiger partial charge in [0.05, 0.1) is 22.7 Å². The Morgan fingerprint density at radius 3 is 1.07 bits per heavy atom. The third kappa shape index (κ3) is 7.12. The van der Waals surface area contributed by atoms with Crippen molar-refractivity contribution >= 4 is 110 Å². The molecule has 4 heteroatoms. The average molecular weight is 981 g/mol. The first-order valence-corrected chi connectivity index (χ1v) is 27.1. The van der Waals surface area contributed by atoms with Gasteiger partial charge in [0.1, 0.15) is 22.3 Å². The minimum atomic E-state index is 0.857. The molecule has 14 aromatic rings. The molecule has 0 radical (unpaired) electrons. The predicted octanol–water partition coefficient (Wildman–Crippen LogP) is 20.9. The van der Waals surface area contributed by atoms with Crippen molar-refractivity contribution in [1.82, 2.24) is 0 Å². The molecule has 0 aliphatic rings. The summed E-state index contributed by atoms with van der Waals surface area (Å²) in [7, 11) is 0. The van der Waals surface area contributed by atoms with Crippen LogP contribution in [0.3, 0.4) is 0 Å². The van der Waals surface area contributed by atoms with Crippen molar-refractivity contribution in [1.29, 1.82) is 0 Å². The van der Waals surface area contributed by atoms with E-state index in [1.807, 2.05) is 0 Å². The number of hydrogen-bond donors (Lipinski definition) is 0. The molecule has 2 heterocycles. The summed E-state index contributed by atoms with van der Waals surface area (Å²) in [5, 5.41) is 12.0. The molecular weight excluding hydrogens is 925 g/mol. The van der Waals surface area contributed by atoms with E-state index >= 15 is 0 Å². The lowest BCUT2D eigenvalue weighted by Crippen LogP contribution is -2.16. The van der Waals surface area contributed by atoms with Crippen LogP contribution in [-0.2, 0) is 25.7 Å². The van der Waals surface area contributed by atoms with E-state index in [1.165, 1.54) is 77.1 Å². The maximum Gasteiger partial charge on any atom is 0.143 e. The monoisotopic (exact) mass is 980 g/mol. The first-order chi connectivity index (χ1) is 37.5. The molecule has 0 N–H and O–H groups in total. The zero-order valence-electron chi connectivity index (χ0n) is 43.3. The Balaban J connectivity index is 0.966. The van der Waals surface area contributed by atoms with E-state index in [1.54, 1.807) is 0 Å². The van der Waals surface area contributed by atoms with Crippen molar-refractivity contribution in [2.45, 2.75) is 53.4 Å². The lowest BCUT2D eigenvalue weighted by Gasteiger charge is -2.33. The quantitative estimate of drug-likeness (QED) is 0.114. The number of aryl methyl sites for hydroxylation is 4. The van der Waals surface area contributed by atoms with Crippen LogP contribution in [0.2, 0.25) is 0 Å². The Kier molecular flexibility index (Phi) is 11.0. The highest BCUT2D eigenvalue weighted by Gasteiger charge is 2.27. The largest absolute Gasteiger partial charge is 0.455 e. The molecule has 0 unspecified atom stereocenters. The molecular formula is C72H56N2O2. The second-order valence-corrected chi connectivity index (χ2v) is 20.2. The van der Waals surface area contributed by atoms with Crippen molar-refractivity contribution in [3.63, 3.8) is 0 Å². The fraction of sp³-hybridized carbons (Fsp3) is 0.111. The number of hydrogen-bond acceptors (Lipinski definition) is 4. The van der Waals surface area contributed by atoms with Gasteiger partial charge in [0.2, 0.25) is 0 Å². The van der Waals surface area contributed by atoms with E-state index < -0.39 is 0 Å². The van der Waals surface area contributed by atoms with Crippen LogP contribution in [0.15, 0.2) is 227 Å². The van der Waals surface area contributed by atoms with Gasteiger partial charge in [-0.2, -0.15) is 0 Å². The number of benzene rings is 12. The highest BCUT2D eigenvalue weighted by molar-refractivity contribution is 6.28. The topological polar surface area (TPSA) is 32.8 Å². The van der Waals surface area contributed by atoms with Crippen molar-refractivity contribution in [2.24, 2.45) is 0 Å². The predicted molar refractivity (Wildman–Crippen MR) is 322 cm³/mol. The summed E-state index contributed by atoms with van der Waals surface area (Å²) in [6.45, 7) is 9.17. The minimum absolute atomic E-state index is 0.857. The van der Waals surface area contributed by atoms with Gasteiger partial charge in [-0.15, -0.1) is 0 Å². The molecule has 0 aliphatic heterocycles. The Hall–Kier alpha value is -9.12. The molecule has 0 atom stereocenters. The molecule has 0 aliphatic carbocycles. The van der Waals surface area contributed by atoms with Crippen LogP contribution < -0.4 is 9.80 Å². The summed E-state index contributed by atoms with van der Waals surface area (Å²) in [5.41, 5.74) is 20.5. The van der Waals surface area contributed by atoms with Crippen LogP contribution in [0.4, 0.5) is 34.1 Å². The highest BCUT2D eigenvalue weighted by Crippen LogP contribution is 2.51. The van der Waals surface area contributed by atoms with Gasteiger partial charge in [-0.3, -0.25) is 0 Å². The van der Waals surface area contributed by atoms with Gasteiger partial charge in [-0.1, -0.05) is 173 Å². The van der Waals surface area contributed by atoms with Crippen LogP contribution in [0.5, 0.6) is 0 Å². The highest BCUT2D eigenvalue weighted by atomic mass is 16.3. The third-order valence-electron chi connectivity index (χ3n) is 16.1. The Bertz CT molecular complexity index is 4190. The molecule has 0 fully saturated rings. The number of furan rings is 2. The summed E-state index contributed by atoms with van der Waals surface area (Å²) in [6.07, 6.45) is 3.43. The minimum Gasteiger partial charge on any atom is -0.455 e. The average Bonchev–Trinajstić information content (AvgIpc) is 4.09. The van der Waals surface area contributed by atoms with Crippen molar-refractivity contribution in [2.75, 3.05) is 9.80 Å². The second kappa shape index (κ2) is 18.4. The Morgan fingerprint density at radius 1 is 0.316 bits per heavy atom. The second-order valence-electron chi connectivity index (χ2n) is 20.2. The van der Waals surface area contributed by atoms with E-state index in [0.717, 1.165) is 103 Å². The number of nitrogens with zero attached hydrogens (tertiary/aromatic N) is 2. The molecule has 0 bridgehead atoms. The maximum atomic E-state index is 6.63. The fourth-order valence-electron chi connectivity index (χ4n) is 12.5. The molecule has 366 valence electrons. The molecule has 12 aromatic carbocycles. The van der Waals surface area contributed by atoms with Gasteiger partial charge >= 0.3 is 0 Å². The molecule has 0 saturated carbocycles. The van der Waals surface area contributed by atoms with E-state index in [0.29, 0.717) is 0 Å². The summed E-state index contributed by atoms with van der Waals surface area (Å²) in [5.74, 6) is 0. The van der Waals surface area contributed by atoms with E-state index in [2.05, 4.69) is 256 Å². The van der Waals surface area contributed by atoms with Crippen LogP contribution in [0, 0.1) is 0 Å². The van der Waals surface area contributed by atoms with E-state index in [9.17, 15) is 0 Å². The molecule has 0 spiro atoms. The normalized spacial score (nSPS) is 11.9. The molecule has 76 heavy (non-hydrogen) atoms. The molecule has 4 nitrogen and oxygen atoms in total. The summed E-state index contributed by atoms with van der Waals surface area (Å²) in [4.78, 5) is 5.08. The van der Waals surface area contributed by atoms with Crippen molar-refractivity contribution in [3.8, 4) is 22.3 Å². The van der Waals surface area contributed by atoms with E-state index in [-0.39, 0.29) is 0 Å². The number of fused-ring (bicyclic) bond motifs is 6. The van der Waals surface area contributed by atoms with Gasteiger partial charge in [0.15, 0.2) is 0 Å². The Morgan fingerprint density at radius 2 is 0.671 bits per heavy atom. The molecule has 0 amide bonds. The van der Waals surface area contributed by atoms with Crippen molar-refractivity contribution < 1.29 is 8.83 Å². The third-order valence-corrected chi connectivity index (χ3v) is 16.1. The first kappa shape index (κ1) is 45.5.